The van der Waals surface area contributed by atoms with Crippen molar-refractivity contribution < 1.29 is 14.3 Å². The molecule has 0 N–H and O–H groups in total. The molecule has 2 aromatic heterocycles. The molecule has 1 aliphatic heterocycles. The zero-order chi connectivity index (χ0) is 18.1. The smallest absolute Gasteiger partial charge is 0.265 e. The Balaban J connectivity index is 1.53. The Kier molecular flexibility index (Phi) is 4.26. The maximum atomic E-state index is 12.8. The van der Waals surface area contributed by atoms with Crippen LogP contribution in [0.3, 0.4) is 0 Å². The fourth-order valence-corrected chi connectivity index (χ4v) is 3.67. The van der Waals surface area contributed by atoms with Gasteiger partial charge in [0.2, 0.25) is 6.79 Å². The summed E-state index contributed by atoms with van der Waals surface area (Å²) in [6, 6.07) is 7.43. The molecule has 0 radical (unpaired) electrons. The number of amides is 1. The van der Waals surface area contributed by atoms with Crippen molar-refractivity contribution in [2.24, 2.45) is 0 Å². The fraction of sp³-hybridized carbons (Fsp3) is 0.222. The molecular formula is C18H16N4O3S. The van der Waals surface area contributed by atoms with Gasteiger partial charge in [-0.25, -0.2) is 15.0 Å². The zero-order valence-electron chi connectivity index (χ0n) is 14.3. The Morgan fingerprint density at radius 3 is 2.81 bits per heavy atom. The number of rotatable bonds is 4. The number of ether oxygens (including phenoxy) is 2. The van der Waals surface area contributed by atoms with Crippen LogP contribution in [0, 0.1) is 6.92 Å². The Morgan fingerprint density at radius 1 is 1.23 bits per heavy atom. The van der Waals surface area contributed by atoms with Crippen LogP contribution in [-0.4, -0.2) is 39.6 Å². The van der Waals surface area contributed by atoms with Crippen LogP contribution < -0.4 is 9.47 Å². The minimum absolute atomic E-state index is 0.0835. The van der Waals surface area contributed by atoms with Gasteiger partial charge in [-0.3, -0.25) is 4.79 Å². The largest absolute Gasteiger partial charge is 0.454 e. The number of benzene rings is 1. The van der Waals surface area contributed by atoms with Crippen molar-refractivity contribution in [1.29, 1.82) is 0 Å². The van der Waals surface area contributed by atoms with E-state index in [0.717, 1.165) is 11.3 Å². The molecular weight excluding hydrogens is 352 g/mol. The molecule has 0 bridgehead atoms. The maximum Gasteiger partial charge on any atom is 0.265 e. The van der Waals surface area contributed by atoms with Gasteiger partial charge in [-0.2, -0.15) is 0 Å². The average molecular weight is 368 g/mol. The number of thiazole rings is 1. The first-order chi connectivity index (χ1) is 12.6. The molecule has 3 heterocycles. The van der Waals surface area contributed by atoms with Gasteiger partial charge in [-0.05, 0) is 30.7 Å². The van der Waals surface area contributed by atoms with E-state index in [1.807, 2.05) is 25.1 Å². The molecule has 4 rings (SSSR count). The summed E-state index contributed by atoms with van der Waals surface area (Å²) < 4.78 is 10.7. The SMILES string of the molecule is Cc1nc(-c2ncccn2)sc1C(=O)N(C)Cc1ccc2c(c1)OCO2. The summed E-state index contributed by atoms with van der Waals surface area (Å²) in [5.74, 6) is 1.88. The molecule has 1 aromatic carbocycles. The van der Waals surface area contributed by atoms with Gasteiger partial charge in [0.1, 0.15) is 4.88 Å². The molecule has 0 aliphatic carbocycles. The van der Waals surface area contributed by atoms with E-state index in [2.05, 4.69) is 15.0 Å². The van der Waals surface area contributed by atoms with Crippen LogP contribution in [-0.2, 0) is 6.54 Å². The maximum absolute atomic E-state index is 12.8. The lowest BCUT2D eigenvalue weighted by Crippen LogP contribution is -2.26. The topological polar surface area (TPSA) is 77.4 Å². The van der Waals surface area contributed by atoms with E-state index in [1.54, 1.807) is 30.4 Å². The molecule has 0 saturated carbocycles. The number of fused-ring (bicyclic) bond motifs is 1. The summed E-state index contributed by atoms with van der Waals surface area (Å²) in [6.45, 7) is 2.52. The van der Waals surface area contributed by atoms with Gasteiger partial charge in [0.25, 0.3) is 5.91 Å². The summed E-state index contributed by atoms with van der Waals surface area (Å²) in [5, 5.41) is 0.642. The van der Waals surface area contributed by atoms with Gasteiger partial charge in [0, 0.05) is 26.0 Å². The van der Waals surface area contributed by atoms with E-state index in [1.165, 1.54) is 11.3 Å². The van der Waals surface area contributed by atoms with Crippen LogP contribution in [0.2, 0.25) is 0 Å². The highest BCUT2D eigenvalue weighted by Crippen LogP contribution is 2.33. The first-order valence-corrected chi connectivity index (χ1v) is 8.82. The monoisotopic (exact) mass is 368 g/mol. The molecule has 0 spiro atoms. The number of hydrogen-bond donors (Lipinski definition) is 0. The Morgan fingerprint density at radius 2 is 2.00 bits per heavy atom. The Hall–Kier alpha value is -3.00. The minimum Gasteiger partial charge on any atom is -0.454 e. The molecule has 0 atom stereocenters. The van der Waals surface area contributed by atoms with Crippen LogP contribution in [0.15, 0.2) is 36.7 Å². The lowest BCUT2D eigenvalue weighted by Gasteiger charge is -2.16. The highest BCUT2D eigenvalue weighted by molar-refractivity contribution is 7.17. The number of hydrogen-bond acceptors (Lipinski definition) is 7. The summed E-state index contributed by atoms with van der Waals surface area (Å²) in [4.78, 5) is 27.9. The summed E-state index contributed by atoms with van der Waals surface area (Å²) in [6.07, 6.45) is 3.32. The zero-order valence-corrected chi connectivity index (χ0v) is 15.1. The van der Waals surface area contributed by atoms with Crippen molar-refractivity contribution in [2.45, 2.75) is 13.5 Å². The molecule has 0 unspecified atom stereocenters. The van der Waals surface area contributed by atoms with Crippen LogP contribution >= 0.6 is 11.3 Å². The van der Waals surface area contributed by atoms with E-state index in [0.29, 0.717) is 33.7 Å². The van der Waals surface area contributed by atoms with Gasteiger partial charge < -0.3 is 14.4 Å². The summed E-state index contributed by atoms with van der Waals surface area (Å²) >= 11 is 1.31. The number of carbonyl (C=O) groups is 1. The third-order valence-electron chi connectivity index (χ3n) is 3.95. The van der Waals surface area contributed by atoms with E-state index in [4.69, 9.17) is 9.47 Å². The molecule has 0 fully saturated rings. The van der Waals surface area contributed by atoms with Gasteiger partial charge in [-0.1, -0.05) is 6.07 Å². The predicted octanol–water partition coefficient (Wildman–Crippen LogP) is 2.91. The number of aromatic nitrogens is 3. The number of nitrogens with zero attached hydrogens (tertiary/aromatic N) is 4. The van der Waals surface area contributed by atoms with E-state index >= 15 is 0 Å². The second kappa shape index (κ2) is 6.72. The number of carbonyl (C=O) groups excluding carboxylic acids is 1. The first-order valence-electron chi connectivity index (χ1n) is 8.00. The third kappa shape index (κ3) is 3.11. The van der Waals surface area contributed by atoms with Crippen LogP contribution in [0.25, 0.3) is 10.8 Å². The van der Waals surface area contributed by atoms with E-state index in [-0.39, 0.29) is 12.7 Å². The highest BCUT2D eigenvalue weighted by Gasteiger charge is 2.21. The molecule has 26 heavy (non-hydrogen) atoms. The standard InChI is InChI=1S/C18H16N4O3S/c1-11-15(26-17(21-11)16-19-6-3-7-20-16)18(23)22(2)9-12-4-5-13-14(8-12)25-10-24-13/h3-8H,9-10H2,1-2H3. The van der Waals surface area contributed by atoms with Crippen molar-refractivity contribution >= 4 is 17.2 Å². The normalized spacial score (nSPS) is 12.2. The average Bonchev–Trinajstić information content (AvgIpc) is 3.28. The van der Waals surface area contributed by atoms with Gasteiger partial charge >= 0.3 is 0 Å². The Labute approximate surface area is 154 Å². The Bertz CT molecular complexity index is 958. The van der Waals surface area contributed by atoms with Crippen molar-refractivity contribution in [3.05, 3.63) is 52.8 Å². The second-order valence-corrected chi connectivity index (χ2v) is 6.85. The lowest BCUT2D eigenvalue weighted by atomic mass is 10.2. The van der Waals surface area contributed by atoms with Crippen LogP contribution in [0.1, 0.15) is 20.9 Å². The van der Waals surface area contributed by atoms with Crippen LogP contribution in [0.5, 0.6) is 11.5 Å². The number of aryl methyl sites for hydroxylation is 1. The molecule has 3 aromatic rings. The third-order valence-corrected chi connectivity index (χ3v) is 5.09. The van der Waals surface area contributed by atoms with Crippen LogP contribution in [0.4, 0.5) is 0 Å². The fourth-order valence-electron chi connectivity index (χ4n) is 2.66. The summed E-state index contributed by atoms with van der Waals surface area (Å²) in [7, 11) is 1.77. The first kappa shape index (κ1) is 16.5. The second-order valence-electron chi connectivity index (χ2n) is 5.85. The molecule has 1 aliphatic rings. The van der Waals surface area contributed by atoms with Gasteiger partial charge in [-0.15, -0.1) is 11.3 Å². The molecule has 7 nitrogen and oxygen atoms in total. The molecule has 8 heteroatoms. The molecule has 132 valence electrons. The highest BCUT2D eigenvalue weighted by atomic mass is 32.1. The molecule has 0 saturated heterocycles. The molecule has 1 amide bonds. The summed E-state index contributed by atoms with van der Waals surface area (Å²) in [5.41, 5.74) is 1.65. The lowest BCUT2D eigenvalue weighted by molar-refractivity contribution is 0.0789. The quantitative estimate of drug-likeness (QED) is 0.705. The van der Waals surface area contributed by atoms with Crippen molar-refractivity contribution in [3.63, 3.8) is 0 Å². The van der Waals surface area contributed by atoms with Crippen molar-refractivity contribution in [2.75, 3.05) is 13.8 Å². The van der Waals surface area contributed by atoms with Gasteiger partial charge in [0.05, 0.1) is 5.69 Å². The van der Waals surface area contributed by atoms with Gasteiger partial charge in [0.15, 0.2) is 22.3 Å². The van der Waals surface area contributed by atoms with Crippen molar-refractivity contribution in [1.82, 2.24) is 19.9 Å². The van der Waals surface area contributed by atoms with E-state index < -0.39 is 0 Å². The van der Waals surface area contributed by atoms with Crippen molar-refractivity contribution in [3.8, 4) is 22.3 Å². The predicted molar refractivity (Wildman–Crippen MR) is 96.2 cm³/mol. The minimum atomic E-state index is -0.0835. The van der Waals surface area contributed by atoms with E-state index in [9.17, 15) is 4.79 Å².